The van der Waals surface area contributed by atoms with Gasteiger partial charge >= 0.3 is 0 Å². The summed E-state index contributed by atoms with van der Waals surface area (Å²) in [7, 11) is 0. The highest BCUT2D eigenvalue weighted by Gasteiger charge is 2.17. The van der Waals surface area contributed by atoms with Crippen molar-refractivity contribution in [3.8, 4) is 5.82 Å². The van der Waals surface area contributed by atoms with Crippen molar-refractivity contribution in [2.75, 3.05) is 6.93 Å². The summed E-state index contributed by atoms with van der Waals surface area (Å²) in [5.41, 5.74) is 0.349. The van der Waals surface area contributed by atoms with Crippen molar-refractivity contribution in [3.05, 3.63) is 36.8 Å². The number of nitrogens with one attached hydrogen (secondary N) is 1. The van der Waals surface area contributed by atoms with E-state index in [0.717, 1.165) is 12.8 Å². The van der Waals surface area contributed by atoms with Gasteiger partial charge in [-0.1, -0.05) is 19.3 Å². The molecule has 2 heterocycles. The number of aromatic nitrogens is 4. The van der Waals surface area contributed by atoms with Crippen LogP contribution in [0, 0.1) is 0 Å². The van der Waals surface area contributed by atoms with Crippen LogP contribution in [0.3, 0.4) is 0 Å². The lowest BCUT2D eigenvalue weighted by molar-refractivity contribution is 0.0922. The molecule has 2 aromatic heterocycles. The minimum absolute atomic E-state index is 0. The van der Waals surface area contributed by atoms with Gasteiger partial charge in [0, 0.05) is 19.9 Å². The molecule has 8 heteroatoms. The SMILES string of the molecule is FCF.O=C(NC1CCCCC1)c1cncc(-n2ccnc2)n1.[HH]. The fraction of sp³-hybridized carbons (Fsp3) is 0.467. The number of alkyl halides is 2. The summed E-state index contributed by atoms with van der Waals surface area (Å²) in [6.07, 6.45) is 13.9. The lowest BCUT2D eigenvalue weighted by atomic mass is 9.95. The van der Waals surface area contributed by atoms with Crippen LogP contribution in [-0.2, 0) is 0 Å². The van der Waals surface area contributed by atoms with E-state index in [1.165, 1.54) is 25.5 Å². The highest BCUT2D eigenvalue weighted by atomic mass is 19.3. The van der Waals surface area contributed by atoms with Gasteiger partial charge in [0.1, 0.15) is 12.0 Å². The molecule has 1 amide bonds. The topological polar surface area (TPSA) is 72.7 Å². The number of hydrogen-bond donors (Lipinski definition) is 1. The van der Waals surface area contributed by atoms with Crippen LogP contribution >= 0.6 is 0 Å². The molecule has 1 aliphatic rings. The molecule has 1 N–H and O–H groups in total. The average molecular weight is 325 g/mol. The third-order valence-electron chi connectivity index (χ3n) is 3.56. The van der Waals surface area contributed by atoms with Crippen molar-refractivity contribution in [2.45, 2.75) is 38.1 Å². The molecule has 3 rings (SSSR count). The first kappa shape index (κ1) is 17.0. The van der Waals surface area contributed by atoms with E-state index in [2.05, 4.69) is 20.3 Å². The van der Waals surface area contributed by atoms with Crippen LogP contribution < -0.4 is 5.32 Å². The fourth-order valence-electron chi connectivity index (χ4n) is 2.49. The molecule has 0 atom stereocenters. The molecular weight excluding hydrogens is 304 g/mol. The third kappa shape index (κ3) is 5.08. The minimum atomic E-state index is -1.75. The molecule has 0 bridgehead atoms. The molecule has 0 unspecified atom stereocenters. The number of nitrogens with zero attached hydrogens (tertiary/aromatic N) is 4. The Labute approximate surface area is 134 Å². The summed E-state index contributed by atoms with van der Waals surface area (Å²) in [6.45, 7) is -1.75. The molecule has 0 saturated heterocycles. The van der Waals surface area contributed by atoms with Crippen molar-refractivity contribution >= 4 is 5.91 Å². The Morgan fingerprint density at radius 1 is 1.26 bits per heavy atom. The lowest BCUT2D eigenvalue weighted by Gasteiger charge is -2.22. The molecule has 1 saturated carbocycles. The Morgan fingerprint density at radius 2 is 2.00 bits per heavy atom. The summed E-state index contributed by atoms with van der Waals surface area (Å²) in [5, 5.41) is 3.04. The summed E-state index contributed by atoms with van der Waals surface area (Å²) >= 11 is 0. The number of rotatable bonds is 3. The van der Waals surface area contributed by atoms with Gasteiger partial charge in [-0.05, 0) is 12.8 Å². The summed E-state index contributed by atoms with van der Waals surface area (Å²) < 4.78 is 21.0. The number of carbonyl (C=O) groups excluding carboxylic acids is 1. The van der Waals surface area contributed by atoms with Crippen LogP contribution in [-0.4, -0.2) is 38.4 Å². The minimum Gasteiger partial charge on any atom is -0.348 e. The normalized spacial score (nSPS) is 14.7. The van der Waals surface area contributed by atoms with Crippen LogP contribution in [0.4, 0.5) is 8.78 Å². The number of imidazole rings is 1. The molecular formula is C15H21F2N5O. The first-order valence-electron chi connectivity index (χ1n) is 7.47. The van der Waals surface area contributed by atoms with Gasteiger partial charge in [0.15, 0.2) is 5.82 Å². The van der Waals surface area contributed by atoms with Gasteiger partial charge < -0.3 is 5.32 Å². The largest absolute Gasteiger partial charge is 0.348 e. The summed E-state index contributed by atoms with van der Waals surface area (Å²) in [4.78, 5) is 24.6. The zero-order valence-corrected chi connectivity index (χ0v) is 12.7. The highest BCUT2D eigenvalue weighted by molar-refractivity contribution is 5.92. The fourth-order valence-corrected chi connectivity index (χ4v) is 2.49. The number of amides is 1. The summed E-state index contributed by atoms with van der Waals surface area (Å²) in [5.74, 6) is 0.449. The molecule has 0 spiro atoms. The van der Waals surface area contributed by atoms with Gasteiger partial charge in [0.2, 0.25) is 6.93 Å². The van der Waals surface area contributed by atoms with Crippen molar-refractivity contribution in [2.24, 2.45) is 0 Å². The maximum absolute atomic E-state index is 12.2. The van der Waals surface area contributed by atoms with Gasteiger partial charge in [-0.2, -0.15) is 0 Å². The van der Waals surface area contributed by atoms with E-state index in [9.17, 15) is 13.6 Å². The maximum atomic E-state index is 12.2. The van der Waals surface area contributed by atoms with E-state index in [1.807, 2.05) is 0 Å². The van der Waals surface area contributed by atoms with E-state index < -0.39 is 6.93 Å². The van der Waals surface area contributed by atoms with Crippen LogP contribution in [0.5, 0.6) is 0 Å². The third-order valence-corrected chi connectivity index (χ3v) is 3.56. The predicted molar refractivity (Wildman–Crippen MR) is 82.7 cm³/mol. The second-order valence-corrected chi connectivity index (χ2v) is 5.14. The second-order valence-electron chi connectivity index (χ2n) is 5.14. The van der Waals surface area contributed by atoms with E-state index in [1.54, 1.807) is 29.5 Å². The first-order chi connectivity index (χ1) is 11.2. The Hall–Kier alpha value is -2.38. The quantitative estimate of drug-likeness (QED) is 0.942. The zero-order valence-electron chi connectivity index (χ0n) is 12.7. The first-order valence-corrected chi connectivity index (χ1v) is 7.47. The second kappa shape index (κ2) is 8.92. The van der Waals surface area contributed by atoms with E-state index in [-0.39, 0.29) is 13.4 Å². The van der Waals surface area contributed by atoms with Crippen LogP contribution in [0.2, 0.25) is 0 Å². The number of halogens is 2. The standard InChI is InChI=1S/C14H17N5O.CH2F2.H2/c20-14(17-11-4-2-1-3-5-11)12-8-16-9-13(18-12)19-7-6-15-10-19;2-1-3;/h6-11H,1-5H2,(H,17,20);1H2;1H. The van der Waals surface area contributed by atoms with Crippen molar-refractivity contribution in [1.29, 1.82) is 0 Å². The lowest BCUT2D eigenvalue weighted by Crippen LogP contribution is -2.36. The predicted octanol–water partition coefficient (Wildman–Crippen LogP) is 2.85. The van der Waals surface area contributed by atoms with Crippen LogP contribution in [0.15, 0.2) is 31.1 Å². The van der Waals surface area contributed by atoms with E-state index in [4.69, 9.17) is 0 Å². The highest BCUT2D eigenvalue weighted by Crippen LogP contribution is 2.17. The van der Waals surface area contributed by atoms with Gasteiger partial charge in [0.25, 0.3) is 5.91 Å². The molecule has 0 aromatic carbocycles. The molecule has 6 nitrogen and oxygen atoms in total. The molecule has 1 aliphatic carbocycles. The molecule has 23 heavy (non-hydrogen) atoms. The van der Waals surface area contributed by atoms with Gasteiger partial charge in [-0.15, -0.1) is 0 Å². The van der Waals surface area contributed by atoms with Gasteiger partial charge in [-0.25, -0.2) is 18.7 Å². The molecule has 2 aromatic rings. The number of carbonyl (C=O) groups is 1. The smallest absolute Gasteiger partial charge is 0.271 e. The monoisotopic (exact) mass is 325 g/mol. The van der Waals surface area contributed by atoms with E-state index in [0.29, 0.717) is 11.5 Å². The molecule has 126 valence electrons. The maximum Gasteiger partial charge on any atom is 0.271 e. The van der Waals surface area contributed by atoms with Crippen LogP contribution in [0.25, 0.3) is 5.82 Å². The molecule has 1 fully saturated rings. The summed E-state index contributed by atoms with van der Waals surface area (Å²) in [6, 6.07) is 0.273. The number of hydrogen-bond acceptors (Lipinski definition) is 4. The van der Waals surface area contributed by atoms with Crippen molar-refractivity contribution in [1.82, 2.24) is 24.8 Å². The Balaban J connectivity index is 0.000000671. The Kier molecular flexibility index (Phi) is 6.58. The van der Waals surface area contributed by atoms with Crippen molar-refractivity contribution < 1.29 is 15.0 Å². The Morgan fingerprint density at radius 3 is 2.65 bits per heavy atom. The van der Waals surface area contributed by atoms with E-state index >= 15 is 0 Å². The van der Waals surface area contributed by atoms with Gasteiger partial charge in [-0.3, -0.25) is 14.3 Å². The zero-order chi connectivity index (χ0) is 16.5. The molecule has 0 aliphatic heterocycles. The van der Waals surface area contributed by atoms with Gasteiger partial charge in [0.05, 0.1) is 12.4 Å². The van der Waals surface area contributed by atoms with Crippen molar-refractivity contribution in [3.63, 3.8) is 0 Å². The average Bonchev–Trinajstić information content (AvgIpc) is 3.11. The Bertz CT molecular complexity index is 606. The molecule has 0 radical (unpaired) electrons. The van der Waals surface area contributed by atoms with Crippen LogP contribution in [0.1, 0.15) is 44.0 Å².